The van der Waals surface area contributed by atoms with Gasteiger partial charge in [-0.2, -0.15) is 0 Å². The molecule has 18 heavy (non-hydrogen) atoms. The first kappa shape index (κ1) is 12.8. The van der Waals surface area contributed by atoms with Crippen molar-refractivity contribution in [1.29, 1.82) is 0 Å². The quantitative estimate of drug-likeness (QED) is 0.786. The first-order valence-corrected chi connectivity index (χ1v) is 6.26. The first-order valence-electron chi connectivity index (χ1n) is 6.26. The number of fused-ring (bicyclic) bond motifs is 1. The number of aldehydes is 1. The summed E-state index contributed by atoms with van der Waals surface area (Å²) in [5.41, 5.74) is 3.33. The van der Waals surface area contributed by atoms with E-state index in [1.807, 2.05) is 19.2 Å². The molecule has 0 radical (unpaired) electrons. The van der Waals surface area contributed by atoms with Crippen LogP contribution in [0.4, 0.5) is 5.69 Å². The third kappa shape index (κ3) is 2.59. The van der Waals surface area contributed by atoms with Gasteiger partial charge in [-0.15, -0.1) is 0 Å². The fraction of sp³-hybridized carbons (Fsp3) is 0.429. The van der Waals surface area contributed by atoms with Crippen LogP contribution in [0.2, 0.25) is 0 Å². The molecule has 1 N–H and O–H groups in total. The number of carbonyl (C=O) groups excluding carboxylic acids is 2. The monoisotopic (exact) mass is 246 g/mol. The number of rotatable bonds is 5. The fourth-order valence-electron chi connectivity index (χ4n) is 2.31. The van der Waals surface area contributed by atoms with Crippen LogP contribution in [0, 0.1) is 0 Å². The van der Waals surface area contributed by atoms with Crippen molar-refractivity contribution in [2.24, 2.45) is 0 Å². The Hall–Kier alpha value is -1.68. The van der Waals surface area contributed by atoms with Crippen molar-refractivity contribution in [2.45, 2.75) is 19.3 Å². The summed E-state index contributed by atoms with van der Waals surface area (Å²) in [6.07, 6.45) is 3.03. The van der Waals surface area contributed by atoms with Gasteiger partial charge in [0.15, 0.2) is 0 Å². The van der Waals surface area contributed by atoms with Gasteiger partial charge in [-0.1, -0.05) is 12.1 Å². The summed E-state index contributed by atoms with van der Waals surface area (Å²) in [7, 11) is 1.93. The zero-order chi connectivity index (χ0) is 13.0. The minimum absolute atomic E-state index is 0.0394. The second-order valence-electron chi connectivity index (χ2n) is 4.49. The van der Waals surface area contributed by atoms with Gasteiger partial charge in [0.2, 0.25) is 5.91 Å². The van der Waals surface area contributed by atoms with Crippen LogP contribution in [0.5, 0.6) is 0 Å². The zero-order valence-electron chi connectivity index (χ0n) is 10.6. The fourth-order valence-corrected chi connectivity index (χ4v) is 2.31. The largest absolute Gasteiger partial charge is 0.319 e. The molecule has 96 valence electrons. The molecule has 0 unspecified atom stereocenters. The number of hydrogen-bond donors (Lipinski definition) is 1. The van der Waals surface area contributed by atoms with Gasteiger partial charge in [0.25, 0.3) is 0 Å². The minimum atomic E-state index is 0.0394. The maximum absolute atomic E-state index is 11.8. The normalized spacial score (nSPS) is 14.5. The van der Waals surface area contributed by atoms with Crippen LogP contribution in [0.15, 0.2) is 18.2 Å². The Kier molecular flexibility index (Phi) is 4.10. The third-order valence-corrected chi connectivity index (χ3v) is 3.26. The molecule has 0 saturated carbocycles. The summed E-state index contributed by atoms with van der Waals surface area (Å²) < 4.78 is 0. The second-order valence-corrected chi connectivity index (χ2v) is 4.49. The molecule has 1 aliphatic rings. The molecule has 1 heterocycles. The Morgan fingerprint density at radius 3 is 2.94 bits per heavy atom. The summed E-state index contributed by atoms with van der Waals surface area (Å²) in [5.74, 6) is 0.0394. The molecule has 1 aromatic rings. The van der Waals surface area contributed by atoms with Crippen LogP contribution in [-0.4, -0.2) is 32.3 Å². The summed E-state index contributed by atoms with van der Waals surface area (Å²) in [6, 6.07) is 6.14. The molecule has 1 aromatic carbocycles. The van der Waals surface area contributed by atoms with Crippen molar-refractivity contribution in [3.05, 3.63) is 29.3 Å². The number of nitrogens with one attached hydrogen (secondary N) is 1. The van der Waals surface area contributed by atoms with Crippen LogP contribution in [0.3, 0.4) is 0 Å². The maximum Gasteiger partial charge on any atom is 0.227 e. The maximum atomic E-state index is 11.8. The Morgan fingerprint density at radius 1 is 1.39 bits per heavy atom. The van der Waals surface area contributed by atoms with E-state index in [-0.39, 0.29) is 12.5 Å². The van der Waals surface area contributed by atoms with Gasteiger partial charge in [-0.05, 0) is 43.6 Å². The lowest BCUT2D eigenvalue weighted by atomic mass is 9.97. The van der Waals surface area contributed by atoms with Gasteiger partial charge in [0.05, 0.1) is 6.54 Å². The van der Waals surface area contributed by atoms with Gasteiger partial charge < -0.3 is 15.0 Å². The SMILES string of the molecule is CNCCc1ccc2c(c1)CCC(=O)N2CC=O. The molecule has 0 aliphatic carbocycles. The van der Waals surface area contributed by atoms with E-state index in [2.05, 4.69) is 11.4 Å². The van der Waals surface area contributed by atoms with Crippen LogP contribution in [-0.2, 0) is 22.4 Å². The predicted molar refractivity (Wildman–Crippen MR) is 70.8 cm³/mol. The van der Waals surface area contributed by atoms with Gasteiger partial charge in [0, 0.05) is 12.1 Å². The molecule has 4 heteroatoms. The lowest BCUT2D eigenvalue weighted by Gasteiger charge is -2.28. The van der Waals surface area contributed by atoms with Gasteiger partial charge in [0.1, 0.15) is 6.29 Å². The molecule has 0 saturated heterocycles. The Labute approximate surface area is 107 Å². The molecular formula is C14H18N2O2. The molecule has 0 fully saturated rings. The lowest BCUT2D eigenvalue weighted by molar-refractivity contribution is -0.120. The number of carbonyl (C=O) groups is 2. The molecule has 0 bridgehead atoms. The first-order chi connectivity index (χ1) is 8.76. The van der Waals surface area contributed by atoms with E-state index < -0.39 is 0 Å². The number of benzene rings is 1. The number of aryl methyl sites for hydroxylation is 1. The number of anilines is 1. The molecular weight excluding hydrogens is 228 g/mol. The second kappa shape index (κ2) is 5.78. The average molecular weight is 246 g/mol. The van der Waals surface area contributed by atoms with Crippen LogP contribution in [0.25, 0.3) is 0 Å². The molecule has 2 rings (SSSR count). The Bertz CT molecular complexity index is 457. The van der Waals surface area contributed by atoms with Crippen LogP contribution >= 0.6 is 0 Å². The highest BCUT2D eigenvalue weighted by Gasteiger charge is 2.23. The number of likely N-dealkylation sites (N-methyl/N-ethyl adjacent to an activating group) is 1. The van der Waals surface area contributed by atoms with E-state index in [0.29, 0.717) is 6.42 Å². The van der Waals surface area contributed by atoms with Crippen molar-refractivity contribution in [3.8, 4) is 0 Å². The molecule has 1 aliphatic heterocycles. The molecule has 0 aromatic heterocycles. The van der Waals surface area contributed by atoms with Gasteiger partial charge in [-0.3, -0.25) is 4.79 Å². The van der Waals surface area contributed by atoms with Gasteiger partial charge in [-0.25, -0.2) is 0 Å². The predicted octanol–water partition coefficient (Wildman–Crippen LogP) is 0.927. The smallest absolute Gasteiger partial charge is 0.227 e. The van der Waals surface area contributed by atoms with E-state index in [1.54, 1.807) is 4.90 Å². The summed E-state index contributed by atoms with van der Waals surface area (Å²) in [4.78, 5) is 24.0. The van der Waals surface area contributed by atoms with E-state index in [9.17, 15) is 9.59 Å². The summed E-state index contributed by atoms with van der Waals surface area (Å²) in [6.45, 7) is 1.09. The van der Waals surface area contributed by atoms with Crippen molar-refractivity contribution < 1.29 is 9.59 Å². The Morgan fingerprint density at radius 2 is 2.22 bits per heavy atom. The number of amides is 1. The van der Waals surface area contributed by atoms with Gasteiger partial charge >= 0.3 is 0 Å². The third-order valence-electron chi connectivity index (χ3n) is 3.26. The summed E-state index contributed by atoms with van der Waals surface area (Å²) in [5, 5.41) is 3.12. The zero-order valence-corrected chi connectivity index (χ0v) is 10.6. The van der Waals surface area contributed by atoms with Crippen molar-refractivity contribution in [3.63, 3.8) is 0 Å². The highest BCUT2D eigenvalue weighted by molar-refractivity contribution is 5.98. The highest BCUT2D eigenvalue weighted by Crippen LogP contribution is 2.28. The standard InChI is InChI=1S/C14H18N2O2/c1-15-7-6-11-2-4-13-12(10-11)3-5-14(18)16(13)8-9-17/h2,4,9-10,15H,3,5-8H2,1H3. The molecule has 4 nitrogen and oxygen atoms in total. The number of nitrogens with zero attached hydrogens (tertiary/aromatic N) is 1. The van der Waals surface area contributed by atoms with Crippen LogP contribution < -0.4 is 10.2 Å². The van der Waals surface area contributed by atoms with Crippen LogP contribution in [0.1, 0.15) is 17.5 Å². The minimum Gasteiger partial charge on any atom is -0.319 e. The van der Waals surface area contributed by atoms with Crippen molar-refractivity contribution in [1.82, 2.24) is 5.32 Å². The van der Waals surface area contributed by atoms with E-state index in [1.165, 1.54) is 11.1 Å². The molecule has 0 spiro atoms. The highest BCUT2D eigenvalue weighted by atomic mass is 16.2. The van der Waals surface area contributed by atoms with Crippen molar-refractivity contribution >= 4 is 17.9 Å². The number of hydrogen-bond acceptors (Lipinski definition) is 3. The van der Waals surface area contributed by atoms with E-state index in [4.69, 9.17) is 0 Å². The average Bonchev–Trinajstić information content (AvgIpc) is 2.39. The van der Waals surface area contributed by atoms with E-state index >= 15 is 0 Å². The lowest BCUT2D eigenvalue weighted by Crippen LogP contribution is -2.36. The summed E-state index contributed by atoms with van der Waals surface area (Å²) >= 11 is 0. The Balaban J connectivity index is 2.25. The molecule has 1 amide bonds. The molecule has 0 atom stereocenters. The topological polar surface area (TPSA) is 49.4 Å². The van der Waals surface area contributed by atoms with Crippen molar-refractivity contribution in [2.75, 3.05) is 25.0 Å². The van der Waals surface area contributed by atoms with E-state index in [0.717, 1.165) is 31.4 Å².